The molecule has 4 nitrogen and oxygen atoms in total. The first kappa shape index (κ1) is 19.1. The van der Waals surface area contributed by atoms with Gasteiger partial charge in [-0.3, -0.25) is 4.98 Å². The van der Waals surface area contributed by atoms with Gasteiger partial charge in [-0.05, 0) is 44.2 Å². The van der Waals surface area contributed by atoms with Crippen LogP contribution in [0.5, 0.6) is 5.75 Å². The molecule has 138 valence electrons. The summed E-state index contributed by atoms with van der Waals surface area (Å²) in [7, 11) is 1.67. The third-order valence-corrected chi connectivity index (χ3v) is 4.97. The predicted molar refractivity (Wildman–Crippen MR) is 116 cm³/mol. The van der Waals surface area contributed by atoms with Crippen molar-refractivity contribution in [3.05, 3.63) is 64.6 Å². The van der Waals surface area contributed by atoms with E-state index in [1.807, 2.05) is 38.1 Å². The van der Waals surface area contributed by atoms with Crippen LogP contribution in [0.3, 0.4) is 0 Å². The Bertz CT molecular complexity index is 1090. The second kappa shape index (κ2) is 7.94. The van der Waals surface area contributed by atoms with Gasteiger partial charge in [0.2, 0.25) is 0 Å². The Morgan fingerprint density at radius 3 is 2.59 bits per heavy atom. The molecule has 2 heterocycles. The lowest BCUT2D eigenvalue weighted by Gasteiger charge is -2.12. The van der Waals surface area contributed by atoms with Crippen molar-refractivity contribution in [2.45, 2.75) is 13.8 Å². The molecule has 0 aliphatic carbocycles. The first-order chi connectivity index (χ1) is 12.6. The van der Waals surface area contributed by atoms with Crippen molar-refractivity contribution in [3.8, 4) is 17.0 Å². The normalized spacial score (nSPS) is 10.5. The summed E-state index contributed by atoms with van der Waals surface area (Å²) in [5.74, 6) is 0.808. The highest BCUT2D eigenvalue weighted by atomic mass is 35.5. The number of methoxy groups -OCH3 is 1. The number of thiazole rings is 1. The zero-order chi connectivity index (χ0) is 18.1. The minimum Gasteiger partial charge on any atom is -0.497 e. The molecule has 1 N–H and O–H groups in total. The van der Waals surface area contributed by atoms with Crippen LogP contribution >= 0.6 is 23.7 Å². The third kappa shape index (κ3) is 4.04. The highest BCUT2D eigenvalue weighted by Gasteiger charge is 2.08. The lowest BCUT2D eigenvalue weighted by atomic mass is 10.1. The van der Waals surface area contributed by atoms with Crippen molar-refractivity contribution in [2.75, 3.05) is 12.4 Å². The fourth-order valence-electron chi connectivity index (χ4n) is 2.98. The Balaban J connectivity index is 0.00000210. The number of aromatic nitrogens is 2. The lowest BCUT2D eigenvalue weighted by molar-refractivity contribution is 0.415. The largest absolute Gasteiger partial charge is 0.497 e. The van der Waals surface area contributed by atoms with Gasteiger partial charge in [0.15, 0.2) is 0 Å². The van der Waals surface area contributed by atoms with Gasteiger partial charge in [-0.2, -0.15) is 0 Å². The molecule has 4 aromatic rings. The summed E-state index contributed by atoms with van der Waals surface area (Å²) < 4.78 is 5.32. The van der Waals surface area contributed by atoms with Gasteiger partial charge in [-0.15, -0.1) is 23.7 Å². The Hall–Kier alpha value is -2.63. The minimum absolute atomic E-state index is 0. The molecule has 0 amide bonds. The molecule has 0 aliphatic rings. The fourth-order valence-corrected chi connectivity index (χ4v) is 3.60. The number of pyridine rings is 1. The molecular weight excluding hydrogens is 378 g/mol. The number of ether oxygens (including phenoxy) is 1. The van der Waals surface area contributed by atoms with Crippen molar-refractivity contribution in [1.29, 1.82) is 0 Å². The number of hydrogen-bond acceptors (Lipinski definition) is 5. The zero-order valence-electron chi connectivity index (χ0n) is 15.3. The molecule has 2 aromatic carbocycles. The van der Waals surface area contributed by atoms with Gasteiger partial charge in [-0.25, -0.2) is 4.98 Å². The Morgan fingerprint density at radius 1 is 1.00 bits per heavy atom. The number of anilines is 2. The first-order valence-corrected chi connectivity index (χ1v) is 9.25. The first-order valence-electron chi connectivity index (χ1n) is 8.37. The van der Waals surface area contributed by atoms with Crippen LogP contribution in [0.4, 0.5) is 11.4 Å². The number of benzene rings is 2. The summed E-state index contributed by atoms with van der Waals surface area (Å²) in [6, 6.07) is 16.3. The molecule has 0 bridgehead atoms. The minimum atomic E-state index is 0. The molecule has 0 saturated heterocycles. The van der Waals surface area contributed by atoms with E-state index in [-0.39, 0.29) is 12.4 Å². The second-order valence-corrected chi connectivity index (χ2v) is 7.21. The Labute approximate surface area is 168 Å². The quantitative estimate of drug-likeness (QED) is 0.448. The average Bonchev–Trinajstić information content (AvgIpc) is 3.08. The van der Waals surface area contributed by atoms with Crippen LogP contribution in [0, 0.1) is 13.8 Å². The van der Waals surface area contributed by atoms with E-state index >= 15 is 0 Å². The Kier molecular flexibility index (Phi) is 5.63. The van der Waals surface area contributed by atoms with Crippen LogP contribution < -0.4 is 10.1 Å². The lowest BCUT2D eigenvalue weighted by Crippen LogP contribution is -1.95. The van der Waals surface area contributed by atoms with Crippen LogP contribution in [0.25, 0.3) is 22.2 Å². The summed E-state index contributed by atoms with van der Waals surface area (Å²) in [4.78, 5) is 9.20. The van der Waals surface area contributed by atoms with E-state index < -0.39 is 0 Å². The second-order valence-electron chi connectivity index (χ2n) is 6.15. The van der Waals surface area contributed by atoms with Crippen molar-refractivity contribution in [2.24, 2.45) is 0 Å². The van der Waals surface area contributed by atoms with Gasteiger partial charge in [0.05, 0.1) is 23.3 Å². The Morgan fingerprint density at radius 2 is 1.85 bits per heavy atom. The van der Waals surface area contributed by atoms with Crippen molar-refractivity contribution in [1.82, 2.24) is 9.97 Å². The van der Waals surface area contributed by atoms with E-state index in [2.05, 4.69) is 44.9 Å². The highest BCUT2D eigenvalue weighted by Crippen LogP contribution is 2.31. The van der Waals surface area contributed by atoms with Gasteiger partial charge in [0.1, 0.15) is 5.75 Å². The monoisotopic (exact) mass is 397 g/mol. The molecular formula is C21H20ClN3OS. The summed E-state index contributed by atoms with van der Waals surface area (Å²) in [5.41, 5.74) is 6.04. The fraction of sp³-hybridized carbons (Fsp3) is 0.143. The zero-order valence-corrected chi connectivity index (χ0v) is 16.9. The van der Waals surface area contributed by atoms with Crippen LogP contribution in [0.15, 0.2) is 53.9 Å². The molecule has 0 spiro atoms. The average molecular weight is 398 g/mol. The van der Waals surface area contributed by atoms with E-state index in [0.717, 1.165) is 50.0 Å². The van der Waals surface area contributed by atoms with Crippen LogP contribution in [-0.4, -0.2) is 17.1 Å². The maximum absolute atomic E-state index is 5.32. The van der Waals surface area contributed by atoms with E-state index in [9.17, 15) is 0 Å². The molecule has 6 heteroatoms. The molecule has 0 fully saturated rings. The summed E-state index contributed by atoms with van der Waals surface area (Å²) in [5, 5.41) is 7.76. The number of hydrogen-bond donors (Lipinski definition) is 1. The molecule has 0 atom stereocenters. The van der Waals surface area contributed by atoms with E-state index in [0.29, 0.717) is 0 Å². The molecule has 2 aromatic heterocycles. The molecule has 0 saturated carbocycles. The molecule has 27 heavy (non-hydrogen) atoms. The number of fused-ring (bicyclic) bond motifs is 1. The topological polar surface area (TPSA) is 47.0 Å². The van der Waals surface area contributed by atoms with Gasteiger partial charge in [-0.1, -0.05) is 12.1 Å². The van der Waals surface area contributed by atoms with Gasteiger partial charge in [0, 0.05) is 39.5 Å². The van der Waals surface area contributed by atoms with Crippen molar-refractivity contribution in [3.63, 3.8) is 0 Å². The number of aryl methyl sites for hydroxylation is 2. The van der Waals surface area contributed by atoms with Gasteiger partial charge >= 0.3 is 0 Å². The van der Waals surface area contributed by atoms with E-state index in [1.54, 1.807) is 18.4 Å². The van der Waals surface area contributed by atoms with Crippen molar-refractivity contribution >= 4 is 46.0 Å². The summed E-state index contributed by atoms with van der Waals surface area (Å²) in [6.45, 7) is 4.02. The number of rotatable bonds is 4. The van der Waals surface area contributed by atoms with Gasteiger partial charge < -0.3 is 10.1 Å². The van der Waals surface area contributed by atoms with Crippen LogP contribution in [0.1, 0.15) is 10.7 Å². The highest BCUT2D eigenvalue weighted by molar-refractivity contribution is 7.09. The maximum atomic E-state index is 5.32. The van der Waals surface area contributed by atoms with Crippen molar-refractivity contribution < 1.29 is 4.74 Å². The standard InChI is InChI=1S/C21H19N3OS.ClH/c1-13-9-19(18-8-7-17(25-3)11-20(18)22-13)24-16-6-4-5-15(10-16)21-12-26-14(2)23-21;/h4-12H,1-3H3,(H,22,24);1H. The maximum Gasteiger partial charge on any atom is 0.121 e. The molecule has 0 unspecified atom stereocenters. The molecule has 0 radical (unpaired) electrons. The molecule has 4 rings (SSSR count). The number of nitrogens with zero attached hydrogens (tertiary/aromatic N) is 2. The van der Waals surface area contributed by atoms with Crippen LogP contribution in [-0.2, 0) is 0 Å². The molecule has 0 aliphatic heterocycles. The summed E-state index contributed by atoms with van der Waals surface area (Å²) >= 11 is 1.66. The van der Waals surface area contributed by atoms with Crippen LogP contribution in [0.2, 0.25) is 0 Å². The number of halogens is 1. The summed E-state index contributed by atoms with van der Waals surface area (Å²) in [6.07, 6.45) is 0. The van der Waals surface area contributed by atoms with E-state index in [1.165, 1.54) is 0 Å². The third-order valence-electron chi connectivity index (χ3n) is 4.20. The number of nitrogens with one attached hydrogen (secondary N) is 1. The predicted octanol–water partition coefficient (Wildman–Crippen LogP) is 6.15. The van der Waals surface area contributed by atoms with E-state index in [4.69, 9.17) is 4.74 Å². The SMILES string of the molecule is COc1ccc2c(Nc3cccc(-c4csc(C)n4)c3)cc(C)nc2c1.Cl. The van der Waals surface area contributed by atoms with Gasteiger partial charge in [0.25, 0.3) is 0 Å². The smallest absolute Gasteiger partial charge is 0.121 e.